The van der Waals surface area contributed by atoms with E-state index < -0.39 is 13.3 Å². The van der Waals surface area contributed by atoms with Gasteiger partial charge in [0.15, 0.2) is 0 Å². The standard InChI is InChI=1S/C24H38GeN/c1-10-19(11-2)22-15-24(26(9)16-23(22)25(6,7)8)21-14-20(17(3)4)13-12-18(21)5/h12-17,19H,10-11H2,1-9H3/q+1. The summed E-state index contributed by atoms with van der Waals surface area (Å²) in [5, 5.41) is 0. The van der Waals surface area contributed by atoms with Gasteiger partial charge in [-0.15, -0.1) is 0 Å². The van der Waals surface area contributed by atoms with Gasteiger partial charge in [0, 0.05) is 0 Å². The number of aryl methyl sites for hydroxylation is 2. The molecule has 0 fully saturated rings. The molecule has 0 aliphatic carbocycles. The molecule has 26 heavy (non-hydrogen) atoms. The first-order valence-corrected chi connectivity index (χ1v) is 17.6. The monoisotopic (exact) mass is 414 g/mol. The van der Waals surface area contributed by atoms with Gasteiger partial charge in [-0.2, -0.15) is 0 Å². The van der Waals surface area contributed by atoms with E-state index in [1.165, 1.54) is 35.2 Å². The van der Waals surface area contributed by atoms with E-state index in [2.05, 4.69) is 94.0 Å². The molecule has 0 unspecified atom stereocenters. The Kier molecular flexibility index (Phi) is 6.77. The molecule has 0 amide bonds. The molecule has 0 atom stereocenters. The molecule has 2 heteroatoms. The number of hydrogen-bond donors (Lipinski definition) is 0. The van der Waals surface area contributed by atoms with Gasteiger partial charge >= 0.3 is 164 Å². The predicted molar refractivity (Wildman–Crippen MR) is 118 cm³/mol. The third kappa shape index (κ3) is 4.42. The van der Waals surface area contributed by atoms with Crippen molar-refractivity contribution in [2.75, 3.05) is 0 Å². The van der Waals surface area contributed by atoms with Gasteiger partial charge in [-0.1, -0.05) is 0 Å². The quantitative estimate of drug-likeness (QED) is 0.401. The number of aromatic nitrogens is 1. The van der Waals surface area contributed by atoms with Crippen molar-refractivity contribution in [2.45, 2.75) is 76.6 Å². The summed E-state index contributed by atoms with van der Waals surface area (Å²) >= 11 is -1.93. The fraction of sp³-hybridized carbons (Fsp3) is 0.542. The minimum absolute atomic E-state index is 0.557. The van der Waals surface area contributed by atoms with Crippen LogP contribution in [0.2, 0.25) is 17.3 Å². The zero-order chi connectivity index (χ0) is 19.6. The fourth-order valence-corrected chi connectivity index (χ4v) is 7.52. The topological polar surface area (TPSA) is 3.88 Å². The summed E-state index contributed by atoms with van der Waals surface area (Å²) in [5.41, 5.74) is 7.16. The van der Waals surface area contributed by atoms with Crippen molar-refractivity contribution in [1.29, 1.82) is 0 Å². The van der Waals surface area contributed by atoms with Gasteiger partial charge in [-0.3, -0.25) is 0 Å². The van der Waals surface area contributed by atoms with Crippen LogP contribution in [0.5, 0.6) is 0 Å². The molecule has 0 saturated carbocycles. The fourth-order valence-electron chi connectivity index (χ4n) is 3.90. The van der Waals surface area contributed by atoms with E-state index in [1.807, 2.05) is 0 Å². The molecule has 0 aliphatic heterocycles. The summed E-state index contributed by atoms with van der Waals surface area (Å²) in [6.45, 7) is 11.5. The van der Waals surface area contributed by atoms with E-state index in [-0.39, 0.29) is 0 Å². The summed E-state index contributed by atoms with van der Waals surface area (Å²) in [5.74, 6) is 8.79. The van der Waals surface area contributed by atoms with Gasteiger partial charge in [-0.05, 0) is 0 Å². The number of benzene rings is 1. The van der Waals surface area contributed by atoms with Gasteiger partial charge in [0.25, 0.3) is 0 Å². The average Bonchev–Trinajstić information content (AvgIpc) is 2.56. The SMILES string of the molecule is CCC(CC)c1cc(-c2cc(C(C)C)ccc2C)[n+](C)c[c]1[Ge]([CH3])([CH3])[CH3]. The van der Waals surface area contributed by atoms with E-state index >= 15 is 0 Å². The molecule has 0 spiro atoms. The van der Waals surface area contributed by atoms with E-state index in [9.17, 15) is 0 Å². The van der Waals surface area contributed by atoms with Crippen molar-refractivity contribution in [2.24, 2.45) is 7.05 Å². The molecule has 0 aliphatic rings. The zero-order valence-electron chi connectivity index (χ0n) is 18.4. The predicted octanol–water partition coefficient (Wildman–Crippen LogP) is 6.06. The van der Waals surface area contributed by atoms with Crippen LogP contribution in [0.15, 0.2) is 30.5 Å². The van der Waals surface area contributed by atoms with Gasteiger partial charge < -0.3 is 0 Å². The van der Waals surface area contributed by atoms with Crippen LogP contribution in [0, 0.1) is 6.92 Å². The zero-order valence-corrected chi connectivity index (χ0v) is 20.5. The molecule has 2 rings (SSSR count). The first kappa shape index (κ1) is 21.2. The second-order valence-corrected chi connectivity index (χ2v) is 19.7. The molecule has 1 aromatic carbocycles. The number of rotatable bonds is 6. The maximum absolute atomic E-state index is 2.52. The Labute approximate surface area is 164 Å². The third-order valence-corrected chi connectivity index (χ3v) is 10.0. The van der Waals surface area contributed by atoms with Gasteiger partial charge in [0.1, 0.15) is 0 Å². The Morgan fingerprint density at radius 1 is 1.00 bits per heavy atom. The molecule has 0 bridgehead atoms. The molecule has 0 N–H and O–H groups in total. The summed E-state index contributed by atoms with van der Waals surface area (Å²) in [7, 11) is 2.23. The Bertz CT molecular complexity index is 765. The maximum atomic E-state index is 2.52. The van der Waals surface area contributed by atoms with E-state index in [4.69, 9.17) is 0 Å². The first-order chi connectivity index (χ1) is 12.1. The van der Waals surface area contributed by atoms with Crippen molar-refractivity contribution in [3.63, 3.8) is 0 Å². The van der Waals surface area contributed by atoms with Crippen molar-refractivity contribution < 1.29 is 4.57 Å². The van der Waals surface area contributed by atoms with Crippen molar-refractivity contribution in [3.8, 4) is 11.3 Å². The van der Waals surface area contributed by atoms with Crippen LogP contribution in [-0.2, 0) is 7.05 Å². The molecule has 2 aromatic rings. The second kappa shape index (κ2) is 8.29. The summed E-state index contributed by atoms with van der Waals surface area (Å²) in [6.07, 6.45) is 4.91. The van der Waals surface area contributed by atoms with E-state index in [0.29, 0.717) is 11.8 Å². The molecular weight excluding hydrogens is 375 g/mol. The van der Waals surface area contributed by atoms with Crippen LogP contribution in [0.4, 0.5) is 0 Å². The van der Waals surface area contributed by atoms with Crippen molar-refractivity contribution >= 4 is 17.7 Å². The molecule has 1 aromatic heterocycles. The van der Waals surface area contributed by atoms with Crippen LogP contribution in [0.1, 0.15) is 69.1 Å². The van der Waals surface area contributed by atoms with Crippen molar-refractivity contribution in [3.05, 3.63) is 47.2 Å². The van der Waals surface area contributed by atoms with Crippen LogP contribution in [0.3, 0.4) is 0 Å². The molecule has 142 valence electrons. The van der Waals surface area contributed by atoms with E-state index in [0.717, 1.165) is 0 Å². The van der Waals surface area contributed by atoms with Crippen LogP contribution in [0.25, 0.3) is 11.3 Å². The van der Waals surface area contributed by atoms with Gasteiger partial charge in [0.05, 0.1) is 0 Å². The minimum atomic E-state index is -1.93. The number of nitrogens with zero attached hydrogens (tertiary/aromatic N) is 1. The Morgan fingerprint density at radius 2 is 1.62 bits per heavy atom. The van der Waals surface area contributed by atoms with Gasteiger partial charge in [0.2, 0.25) is 0 Å². The van der Waals surface area contributed by atoms with E-state index in [1.54, 1.807) is 9.96 Å². The third-order valence-electron chi connectivity index (χ3n) is 5.74. The molecule has 1 heterocycles. The van der Waals surface area contributed by atoms with Gasteiger partial charge in [-0.25, -0.2) is 0 Å². The molecule has 0 radical (unpaired) electrons. The summed E-state index contributed by atoms with van der Waals surface area (Å²) < 4.78 is 4.05. The first-order valence-electron chi connectivity index (χ1n) is 10.2. The Balaban J connectivity index is 2.75. The summed E-state index contributed by atoms with van der Waals surface area (Å²) in [6, 6.07) is 9.50. The van der Waals surface area contributed by atoms with Crippen molar-refractivity contribution in [1.82, 2.24) is 0 Å². The normalized spacial score (nSPS) is 12.3. The number of pyridine rings is 1. The Hall–Kier alpha value is -1.09. The van der Waals surface area contributed by atoms with Crippen LogP contribution >= 0.6 is 0 Å². The molecule has 0 saturated heterocycles. The molecular formula is C24H38GeN+. The average molecular weight is 413 g/mol. The second-order valence-electron chi connectivity index (χ2n) is 9.13. The summed E-state index contributed by atoms with van der Waals surface area (Å²) in [4.78, 5) is 0. The number of hydrogen-bond acceptors (Lipinski definition) is 0. The van der Waals surface area contributed by atoms with Crippen LogP contribution in [-0.4, -0.2) is 13.3 Å². The molecule has 1 nitrogen and oxygen atoms in total. The Morgan fingerprint density at radius 3 is 2.12 bits per heavy atom. The van der Waals surface area contributed by atoms with Crippen LogP contribution < -0.4 is 8.96 Å².